The van der Waals surface area contributed by atoms with Crippen LogP contribution in [0.5, 0.6) is 0 Å². The summed E-state index contributed by atoms with van der Waals surface area (Å²) in [5.41, 5.74) is 3.52. The Kier molecular flexibility index (Phi) is 4.86. The summed E-state index contributed by atoms with van der Waals surface area (Å²) >= 11 is 0. The van der Waals surface area contributed by atoms with Crippen LogP contribution in [0.1, 0.15) is 36.5 Å². The third-order valence-corrected chi connectivity index (χ3v) is 4.93. The minimum Gasteiger partial charge on any atom is -0.369 e. The topological polar surface area (TPSA) is 56.9 Å². The van der Waals surface area contributed by atoms with E-state index in [0.29, 0.717) is 0 Å². The number of rotatable bonds is 6. The Labute approximate surface area is 153 Å². The molecule has 0 spiro atoms. The molecule has 0 amide bonds. The van der Waals surface area contributed by atoms with Gasteiger partial charge in [-0.15, -0.1) is 0 Å². The molecule has 1 aromatic carbocycles. The molecule has 0 bridgehead atoms. The molecule has 6 heteroatoms. The van der Waals surface area contributed by atoms with Gasteiger partial charge in [0.1, 0.15) is 11.9 Å². The van der Waals surface area contributed by atoms with Crippen LogP contribution in [0.4, 0.5) is 0 Å². The summed E-state index contributed by atoms with van der Waals surface area (Å²) in [6.45, 7) is 3.69. The average Bonchev–Trinajstić information content (AvgIpc) is 3.39. The van der Waals surface area contributed by atoms with Crippen LogP contribution in [0, 0.1) is 0 Å². The molecule has 0 aliphatic carbocycles. The molecule has 0 radical (unpaired) electrons. The van der Waals surface area contributed by atoms with Gasteiger partial charge in [0.2, 0.25) is 0 Å². The Hall–Kier alpha value is -2.44. The smallest absolute Gasteiger partial charge is 0.144 e. The van der Waals surface area contributed by atoms with Gasteiger partial charge in [0, 0.05) is 56.1 Å². The van der Waals surface area contributed by atoms with E-state index >= 15 is 0 Å². The lowest BCUT2D eigenvalue weighted by Crippen LogP contribution is -2.32. The number of nitrogens with one attached hydrogen (secondary N) is 1. The summed E-state index contributed by atoms with van der Waals surface area (Å²) in [7, 11) is 1.97. The van der Waals surface area contributed by atoms with E-state index in [4.69, 9.17) is 4.74 Å². The number of aromatic nitrogens is 4. The second kappa shape index (κ2) is 7.43. The number of hydrogen-bond donors (Lipinski definition) is 1. The van der Waals surface area contributed by atoms with Crippen LogP contribution in [0.15, 0.2) is 48.9 Å². The van der Waals surface area contributed by atoms with Crippen molar-refractivity contribution in [3.8, 4) is 5.69 Å². The maximum Gasteiger partial charge on any atom is 0.144 e. The zero-order valence-corrected chi connectivity index (χ0v) is 15.3. The van der Waals surface area contributed by atoms with E-state index in [1.165, 1.54) is 5.56 Å². The van der Waals surface area contributed by atoms with E-state index in [9.17, 15) is 0 Å². The largest absolute Gasteiger partial charge is 0.369 e. The fourth-order valence-electron chi connectivity index (χ4n) is 3.66. The van der Waals surface area contributed by atoms with Crippen LogP contribution in [0.25, 0.3) is 5.69 Å². The predicted molar refractivity (Wildman–Crippen MR) is 100 cm³/mol. The molecule has 1 fully saturated rings. The van der Waals surface area contributed by atoms with Crippen LogP contribution >= 0.6 is 0 Å². The van der Waals surface area contributed by atoms with Gasteiger partial charge in [-0.1, -0.05) is 25.1 Å². The standard InChI is InChI=1S/C20H25N5O/c1-3-17-15(14-24(2)23-17)13-22-18-9-12-26-19(18)20-21-10-11-25(20)16-7-5-4-6-8-16/h4-8,10-11,14,18-19,22H,3,9,12-13H2,1-2H3/t18-,19-/m0/s1. The number of para-hydroxylation sites is 1. The molecule has 1 saturated heterocycles. The van der Waals surface area contributed by atoms with Crippen LogP contribution in [0.3, 0.4) is 0 Å². The van der Waals surface area contributed by atoms with E-state index in [1.54, 1.807) is 0 Å². The minimum atomic E-state index is -0.0491. The summed E-state index contributed by atoms with van der Waals surface area (Å²) < 4.78 is 10.1. The first-order valence-corrected chi connectivity index (χ1v) is 9.21. The number of hydrogen-bond acceptors (Lipinski definition) is 4. The molecule has 4 rings (SSSR count). The van der Waals surface area contributed by atoms with Gasteiger partial charge in [-0.05, 0) is 25.0 Å². The van der Waals surface area contributed by atoms with Gasteiger partial charge < -0.3 is 14.6 Å². The van der Waals surface area contributed by atoms with Crippen molar-refractivity contribution in [2.24, 2.45) is 7.05 Å². The van der Waals surface area contributed by atoms with Gasteiger partial charge in [-0.2, -0.15) is 5.10 Å². The lowest BCUT2D eigenvalue weighted by atomic mass is 10.1. The molecule has 2 aromatic heterocycles. The van der Waals surface area contributed by atoms with Crippen molar-refractivity contribution in [2.45, 2.75) is 38.5 Å². The van der Waals surface area contributed by atoms with E-state index in [0.717, 1.165) is 43.2 Å². The maximum absolute atomic E-state index is 6.06. The summed E-state index contributed by atoms with van der Waals surface area (Å²) in [6.07, 6.45) is 7.82. The predicted octanol–water partition coefficient (Wildman–Crippen LogP) is 2.79. The molecular weight excluding hydrogens is 326 g/mol. The first-order chi connectivity index (χ1) is 12.8. The van der Waals surface area contributed by atoms with Gasteiger partial charge in [0.25, 0.3) is 0 Å². The van der Waals surface area contributed by atoms with Crippen LogP contribution in [-0.2, 0) is 24.8 Å². The van der Waals surface area contributed by atoms with Gasteiger partial charge in [0.15, 0.2) is 0 Å². The molecule has 1 aliphatic rings. The molecule has 3 heterocycles. The normalized spacial score (nSPS) is 19.9. The SMILES string of the molecule is CCc1nn(C)cc1CN[C@H]1CCO[C@@H]1c1nccn1-c1ccccc1. The fourth-order valence-corrected chi connectivity index (χ4v) is 3.66. The monoisotopic (exact) mass is 351 g/mol. The third-order valence-electron chi connectivity index (χ3n) is 4.93. The van der Waals surface area contributed by atoms with E-state index in [1.807, 2.05) is 42.3 Å². The molecule has 136 valence electrons. The Morgan fingerprint density at radius 1 is 1.27 bits per heavy atom. The quantitative estimate of drug-likeness (QED) is 0.742. The number of imidazole rings is 1. The summed E-state index contributed by atoms with van der Waals surface area (Å²) in [6, 6.07) is 10.5. The Morgan fingerprint density at radius 3 is 2.92 bits per heavy atom. The highest BCUT2D eigenvalue weighted by molar-refractivity contribution is 5.33. The molecule has 1 aliphatic heterocycles. The van der Waals surface area contributed by atoms with Crippen molar-refractivity contribution < 1.29 is 4.74 Å². The molecule has 0 unspecified atom stereocenters. The number of aryl methyl sites for hydroxylation is 2. The van der Waals surface area contributed by atoms with E-state index in [2.05, 4.69) is 45.2 Å². The van der Waals surface area contributed by atoms with Gasteiger partial charge in [-0.25, -0.2) is 4.98 Å². The first-order valence-electron chi connectivity index (χ1n) is 9.21. The van der Waals surface area contributed by atoms with Crippen LogP contribution < -0.4 is 5.32 Å². The molecule has 3 aromatic rings. The molecule has 1 N–H and O–H groups in total. The lowest BCUT2D eigenvalue weighted by Gasteiger charge is -2.20. The van der Waals surface area contributed by atoms with E-state index in [-0.39, 0.29) is 12.1 Å². The molecule has 26 heavy (non-hydrogen) atoms. The highest BCUT2D eigenvalue weighted by Crippen LogP contribution is 2.30. The maximum atomic E-state index is 6.06. The lowest BCUT2D eigenvalue weighted by molar-refractivity contribution is 0.0903. The van der Waals surface area contributed by atoms with Crippen LogP contribution in [-0.4, -0.2) is 32.0 Å². The zero-order valence-electron chi connectivity index (χ0n) is 15.3. The fraction of sp³-hybridized carbons (Fsp3) is 0.400. The highest BCUT2D eigenvalue weighted by Gasteiger charge is 2.33. The first kappa shape index (κ1) is 17.0. The van der Waals surface area contributed by atoms with Crippen molar-refractivity contribution in [3.05, 3.63) is 66.0 Å². The molecule has 0 saturated carbocycles. The minimum absolute atomic E-state index is 0.0491. The summed E-state index contributed by atoms with van der Waals surface area (Å²) in [5.74, 6) is 0.952. The molecule has 6 nitrogen and oxygen atoms in total. The highest BCUT2D eigenvalue weighted by atomic mass is 16.5. The van der Waals surface area contributed by atoms with Crippen molar-refractivity contribution in [2.75, 3.05) is 6.61 Å². The third kappa shape index (κ3) is 3.30. The second-order valence-electron chi connectivity index (χ2n) is 6.69. The Balaban J connectivity index is 1.52. The number of benzene rings is 1. The Morgan fingerprint density at radius 2 is 2.12 bits per heavy atom. The number of nitrogens with zero attached hydrogens (tertiary/aromatic N) is 4. The molecular formula is C20H25N5O. The van der Waals surface area contributed by atoms with Gasteiger partial charge >= 0.3 is 0 Å². The second-order valence-corrected chi connectivity index (χ2v) is 6.69. The Bertz CT molecular complexity index is 854. The van der Waals surface area contributed by atoms with Crippen molar-refractivity contribution >= 4 is 0 Å². The molecule has 2 atom stereocenters. The van der Waals surface area contributed by atoms with Crippen molar-refractivity contribution in [3.63, 3.8) is 0 Å². The van der Waals surface area contributed by atoms with E-state index < -0.39 is 0 Å². The number of ether oxygens (including phenoxy) is 1. The zero-order chi connectivity index (χ0) is 17.9. The summed E-state index contributed by atoms with van der Waals surface area (Å²) in [5, 5.41) is 8.20. The average molecular weight is 351 g/mol. The van der Waals surface area contributed by atoms with Crippen LogP contribution in [0.2, 0.25) is 0 Å². The van der Waals surface area contributed by atoms with Crippen molar-refractivity contribution in [1.82, 2.24) is 24.6 Å². The van der Waals surface area contributed by atoms with Gasteiger partial charge in [0.05, 0.1) is 5.69 Å². The van der Waals surface area contributed by atoms with Crippen molar-refractivity contribution in [1.29, 1.82) is 0 Å². The van der Waals surface area contributed by atoms with Gasteiger partial charge in [-0.3, -0.25) is 4.68 Å². The summed E-state index contributed by atoms with van der Waals surface area (Å²) in [4.78, 5) is 4.60.